The van der Waals surface area contributed by atoms with Crippen LogP contribution in [0.1, 0.15) is 12.0 Å². The molecule has 0 fully saturated rings. The Morgan fingerprint density at radius 3 is 2.67 bits per heavy atom. The lowest BCUT2D eigenvalue weighted by atomic mass is 10.3. The Kier molecular flexibility index (Phi) is 2.32. The fourth-order valence-corrected chi connectivity index (χ4v) is 0.762. The third kappa shape index (κ3) is 1.55. The Morgan fingerprint density at radius 1 is 1.58 bits per heavy atom. The van der Waals surface area contributed by atoms with Gasteiger partial charge in [0.2, 0.25) is 6.29 Å². The average Bonchev–Trinajstić information content (AvgIpc) is 2.04. The lowest BCUT2D eigenvalue weighted by molar-refractivity contribution is -0.387. The monoisotopic (exact) mass is 170 g/mol. The van der Waals surface area contributed by atoms with Gasteiger partial charge in [-0.2, -0.15) is 0 Å². The Balaban J connectivity index is 3.17. The number of rotatable bonds is 2. The van der Waals surface area contributed by atoms with Crippen LogP contribution in [-0.4, -0.2) is 20.1 Å². The largest absolute Gasteiger partial charge is 0.363 e. The van der Waals surface area contributed by atoms with Gasteiger partial charge in [-0.25, -0.2) is 4.98 Å². The molecule has 1 aromatic rings. The first-order valence-corrected chi connectivity index (χ1v) is 3.08. The molecule has 6 heteroatoms. The topological polar surface area (TPSA) is 96.5 Å². The normalized spacial score (nSPS) is 10.2. The minimum absolute atomic E-state index is 0.345. The van der Waals surface area contributed by atoms with Gasteiger partial charge >= 0.3 is 0 Å². The number of nitrogens with zero attached hydrogens (tertiary/aromatic N) is 2. The molecule has 0 amide bonds. The SMILES string of the molecule is O=[N+]([O-])c1cccnc1C(O)O. The Labute approximate surface area is 67.3 Å². The van der Waals surface area contributed by atoms with Crippen molar-refractivity contribution in [2.45, 2.75) is 6.29 Å². The van der Waals surface area contributed by atoms with Crippen LogP contribution in [-0.2, 0) is 0 Å². The van der Waals surface area contributed by atoms with Gasteiger partial charge in [0, 0.05) is 12.3 Å². The van der Waals surface area contributed by atoms with Crippen molar-refractivity contribution in [2.75, 3.05) is 0 Å². The van der Waals surface area contributed by atoms with Gasteiger partial charge in [0.25, 0.3) is 5.69 Å². The minimum Gasteiger partial charge on any atom is -0.363 e. The third-order valence-electron chi connectivity index (χ3n) is 1.26. The number of aliphatic hydroxyl groups is 2. The average molecular weight is 170 g/mol. The van der Waals surface area contributed by atoms with E-state index < -0.39 is 16.9 Å². The summed E-state index contributed by atoms with van der Waals surface area (Å²) in [6, 6.07) is 2.51. The number of aliphatic hydroxyl groups excluding tert-OH is 1. The van der Waals surface area contributed by atoms with E-state index in [9.17, 15) is 10.1 Å². The summed E-state index contributed by atoms with van der Waals surface area (Å²) in [5, 5.41) is 27.6. The van der Waals surface area contributed by atoms with Crippen LogP contribution in [0.4, 0.5) is 5.69 Å². The molecule has 1 heterocycles. The molecule has 0 bridgehead atoms. The molecule has 1 rings (SSSR count). The van der Waals surface area contributed by atoms with Gasteiger partial charge < -0.3 is 10.2 Å². The second-order valence-electron chi connectivity index (χ2n) is 2.04. The number of hydrogen-bond acceptors (Lipinski definition) is 5. The van der Waals surface area contributed by atoms with Crippen molar-refractivity contribution in [1.82, 2.24) is 4.98 Å². The van der Waals surface area contributed by atoms with Crippen molar-refractivity contribution in [3.05, 3.63) is 34.1 Å². The molecule has 0 aliphatic heterocycles. The highest BCUT2D eigenvalue weighted by molar-refractivity contribution is 5.34. The first-order valence-electron chi connectivity index (χ1n) is 3.08. The van der Waals surface area contributed by atoms with Gasteiger partial charge in [-0.15, -0.1) is 0 Å². The molecule has 0 spiro atoms. The zero-order valence-electron chi connectivity index (χ0n) is 5.91. The Bertz CT molecular complexity index is 299. The standard InChI is InChI=1S/C6H6N2O4/c9-6(10)5-4(8(11)12)2-1-3-7-5/h1-3,6,9-10H. The molecule has 0 aromatic carbocycles. The number of pyridine rings is 1. The maximum Gasteiger partial charge on any atom is 0.296 e. The first-order chi connectivity index (χ1) is 5.63. The molecule has 0 saturated heterocycles. The highest BCUT2D eigenvalue weighted by Crippen LogP contribution is 2.19. The van der Waals surface area contributed by atoms with Crippen molar-refractivity contribution >= 4 is 5.69 Å². The molecule has 6 nitrogen and oxygen atoms in total. The first kappa shape index (κ1) is 8.57. The fourth-order valence-electron chi connectivity index (χ4n) is 0.762. The van der Waals surface area contributed by atoms with Crippen LogP contribution in [0.3, 0.4) is 0 Å². The van der Waals surface area contributed by atoms with Crippen LogP contribution in [0, 0.1) is 10.1 Å². The maximum atomic E-state index is 10.3. The van der Waals surface area contributed by atoms with Gasteiger partial charge in [0.15, 0.2) is 5.69 Å². The zero-order chi connectivity index (χ0) is 9.14. The van der Waals surface area contributed by atoms with Crippen molar-refractivity contribution in [3.8, 4) is 0 Å². The number of aromatic nitrogens is 1. The highest BCUT2D eigenvalue weighted by Gasteiger charge is 2.18. The van der Waals surface area contributed by atoms with Gasteiger partial charge in [-0.1, -0.05) is 0 Å². The fraction of sp³-hybridized carbons (Fsp3) is 0.167. The second-order valence-corrected chi connectivity index (χ2v) is 2.04. The van der Waals surface area contributed by atoms with E-state index in [1.165, 1.54) is 12.3 Å². The smallest absolute Gasteiger partial charge is 0.296 e. The summed E-state index contributed by atoms with van der Waals surface area (Å²) in [7, 11) is 0. The van der Waals surface area contributed by atoms with E-state index >= 15 is 0 Å². The molecular formula is C6H6N2O4. The number of hydrogen-bond donors (Lipinski definition) is 2. The van der Waals surface area contributed by atoms with E-state index in [1.54, 1.807) is 0 Å². The van der Waals surface area contributed by atoms with E-state index in [4.69, 9.17) is 10.2 Å². The summed E-state index contributed by atoms with van der Waals surface area (Å²) >= 11 is 0. The molecule has 1 aromatic heterocycles. The summed E-state index contributed by atoms with van der Waals surface area (Å²) in [4.78, 5) is 13.0. The zero-order valence-corrected chi connectivity index (χ0v) is 5.91. The summed E-state index contributed by atoms with van der Waals surface area (Å²) in [6.07, 6.45) is -0.659. The van der Waals surface area contributed by atoms with E-state index in [2.05, 4.69) is 4.98 Å². The molecule has 0 aliphatic rings. The molecule has 0 aliphatic carbocycles. The highest BCUT2D eigenvalue weighted by atomic mass is 16.6. The summed E-state index contributed by atoms with van der Waals surface area (Å²) in [5.74, 6) is 0. The number of nitro groups is 1. The predicted octanol–water partition coefficient (Wildman–Crippen LogP) is -0.0270. The van der Waals surface area contributed by atoms with Crippen LogP contribution >= 0.6 is 0 Å². The summed E-state index contributed by atoms with van der Waals surface area (Å²) in [6.45, 7) is 0. The van der Waals surface area contributed by atoms with E-state index in [-0.39, 0.29) is 5.69 Å². The quantitative estimate of drug-likeness (QED) is 0.369. The Morgan fingerprint density at radius 2 is 2.25 bits per heavy atom. The van der Waals surface area contributed by atoms with Crippen LogP contribution in [0.2, 0.25) is 0 Å². The lowest BCUT2D eigenvalue weighted by Gasteiger charge is -2.01. The second kappa shape index (κ2) is 3.24. The molecule has 64 valence electrons. The predicted molar refractivity (Wildman–Crippen MR) is 38.1 cm³/mol. The lowest BCUT2D eigenvalue weighted by Crippen LogP contribution is -2.03. The molecule has 2 N–H and O–H groups in total. The molecule has 12 heavy (non-hydrogen) atoms. The summed E-state index contributed by atoms with van der Waals surface area (Å²) in [5.41, 5.74) is -0.741. The molecule has 0 radical (unpaired) electrons. The summed E-state index contributed by atoms with van der Waals surface area (Å²) < 4.78 is 0. The van der Waals surface area contributed by atoms with Crippen molar-refractivity contribution in [3.63, 3.8) is 0 Å². The van der Waals surface area contributed by atoms with Gasteiger partial charge in [-0.3, -0.25) is 10.1 Å². The van der Waals surface area contributed by atoms with Gasteiger partial charge in [0.05, 0.1) is 4.92 Å². The van der Waals surface area contributed by atoms with E-state index in [0.717, 1.165) is 6.07 Å². The molecule has 0 saturated carbocycles. The van der Waals surface area contributed by atoms with Crippen LogP contribution in [0.5, 0.6) is 0 Å². The van der Waals surface area contributed by atoms with E-state index in [0.29, 0.717) is 0 Å². The van der Waals surface area contributed by atoms with Crippen LogP contribution in [0.15, 0.2) is 18.3 Å². The third-order valence-corrected chi connectivity index (χ3v) is 1.26. The van der Waals surface area contributed by atoms with Crippen molar-refractivity contribution < 1.29 is 15.1 Å². The Hall–Kier alpha value is -1.53. The van der Waals surface area contributed by atoms with Gasteiger partial charge in [-0.05, 0) is 6.07 Å². The van der Waals surface area contributed by atoms with E-state index in [1.807, 2.05) is 0 Å². The molecular weight excluding hydrogens is 164 g/mol. The van der Waals surface area contributed by atoms with Crippen molar-refractivity contribution in [2.24, 2.45) is 0 Å². The minimum atomic E-state index is -1.91. The maximum absolute atomic E-state index is 10.3. The van der Waals surface area contributed by atoms with Crippen LogP contribution < -0.4 is 0 Å². The molecule has 0 unspecified atom stereocenters. The molecule has 0 atom stereocenters. The van der Waals surface area contributed by atoms with Crippen molar-refractivity contribution in [1.29, 1.82) is 0 Å². The van der Waals surface area contributed by atoms with Gasteiger partial charge in [0.1, 0.15) is 0 Å². The van der Waals surface area contributed by atoms with Crippen LogP contribution in [0.25, 0.3) is 0 Å².